The lowest BCUT2D eigenvalue weighted by molar-refractivity contribution is -0.134. The van der Waals surface area contributed by atoms with Gasteiger partial charge in [0.25, 0.3) is 0 Å². The number of benzene rings is 1. The molecular weight excluding hydrogens is 340 g/mol. The van der Waals surface area contributed by atoms with Crippen LogP contribution in [-0.2, 0) is 4.79 Å². The molecule has 25 heavy (non-hydrogen) atoms. The molecule has 0 radical (unpaired) electrons. The van der Waals surface area contributed by atoms with Crippen molar-refractivity contribution in [1.29, 1.82) is 0 Å². The van der Waals surface area contributed by atoms with Gasteiger partial charge in [-0.05, 0) is 44.4 Å². The number of rotatable bonds is 6. The van der Waals surface area contributed by atoms with Gasteiger partial charge in [-0.2, -0.15) is 0 Å². The largest absolute Gasteiger partial charge is 0.497 e. The maximum absolute atomic E-state index is 12.8. The topological polar surface area (TPSA) is 59.6 Å². The Hall–Kier alpha value is -1.46. The van der Waals surface area contributed by atoms with E-state index in [0.717, 1.165) is 43.9 Å². The maximum Gasteiger partial charge on any atom is 0.227 e. The minimum atomic E-state index is -0.200. The van der Waals surface area contributed by atoms with Gasteiger partial charge in [-0.15, -0.1) is 12.4 Å². The van der Waals surface area contributed by atoms with Crippen molar-refractivity contribution in [1.82, 2.24) is 10.6 Å². The van der Waals surface area contributed by atoms with Gasteiger partial charge in [0, 0.05) is 12.6 Å². The van der Waals surface area contributed by atoms with Crippen LogP contribution in [0.5, 0.6) is 11.5 Å². The first-order chi connectivity index (χ1) is 11.6. The molecule has 0 spiro atoms. The van der Waals surface area contributed by atoms with Gasteiger partial charge in [-0.1, -0.05) is 18.9 Å². The molecule has 1 unspecified atom stereocenters. The summed E-state index contributed by atoms with van der Waals surface area (Å²) in [7, 11) is 1.64. The zero-order chi connectivity index (χ0) is 17.0. The van der Waals surface area contributed by atoms with E-state index in [4.69, 9.17) is 9.47 Å². The van der Waals surface area contributed by atoms with Gasteiger partial charge < -0.3 is 20.1 Å². The third-order valence-corrected chi connectivity index (χ3v) is 5.42. The summed E-state index contributed by atoms with van der Waals surface area (Å²) in [5, 5.41) is 6.55. The molecule has 1 aromatic carbocycles. The van der Waals surface area contributed by atoms with Crippen molar-refractivity contribution >= 4 is 18.3 Å². The molecule has 1 heterocycles. The van der Waals surface area contributed by atoms with Crippen LogP contribution in [-0.4, -0.2) is 38.8 Å². The second kappa shape index (κ2) is 8.77. The molecule has 1 amide bonds. The van der Waals surface area contributed by atoms with Crippen LogP contribution < -0.4 is 20.1 Å². The molecule has 0 bridgehead atoms. The van der Waals surface area contributed by atoms with E-state index in [2.05, 4.69) is 10.6 Å². The number of carbonyl (C=O) groups excluding carboxylic acids is 1. The van der Waals surface area contributed by atoms with E-state index in [1.54, 1.807) is 7.11 Å². The Labute approximate surface area is 156 Å². The standard InChI is InChI=1S/C19H28N2O3.ClH/c1-14(24-17-8-5-7-16(10-17)23-2)11-21-18(22)19-9-4-3-6-15(19)12-20-13-19;/h5,7-8,10,14-15,20H,3-4,6,9,11-13H2,1-2H3,(H,21,22);1H/t14?,15-,19+;/m0./s1. The van der Waals surface area contributed by atoms with Gasteiger partial charge in [0.05, 0.1) is 19.1 Å². The minimum Gasteiger partial charge on any atom is -0.497 e. The summed E-state index contributed by atoms with van der Waals surface area (Å²) in [6, 6.07) is 7.54. The van der Waals surface area contributed by atoms with E-state index in [1.165, 1.54) is 6.42 Å². The fourth-order valence-electron chi connectivity index (χ4n) is 4.05. The zero-order valence-electron chi connectivity index (χ0n) is 15.0. The predicted octanol–water partition coefficient (Wildman–Crippen LogP) is 2.78. The molecule has 1 saturated heterocycles. The summed E-state index contributed by atoms with van der Waals surface area (Å²) >= 11 is 0. The smallest absolute Gasteiger partial charge is 0.227 e. The highest BCUT2D eigenvalue weighted by molar-refractivity contribution is 5.85. The molecule has 1 saturated carbocycles. The third-order valence-electron chi connectivity index (χ3n) is 5.42. The Morgan fingerprint density at radius 2 is 2.20 bits per heavy atom. The van der Waals surface area contributed by atoms with Gasteiger partial charge in [0.15, 0.2) is 0 Å². The lowest BCUT2D eigenvalue weighted by atomic mass is 9.67. The molecule has 5 nitrogen and oxygen atoms in total. The molecule has 3 rings (SSSR count). The van der Waals surface area contributed by atoms with Crippen LogP contribution in [0.4, 0.5) is 0 Å². The number of nitrogens with one attached hydrogen (secondary N) is 2. The van der Waals surface area contributed by atoms with Crippen molar-refractivity contribution in [2.24, 2.45) is 11.3 Å². The van der Waals surface area contributed by atoms with Crippen molar-refractivity contribution in [2.45, 2.75) is 38.7 Å². The van der Waals surface area contributed by atoms with E-state index < -0.39 is 0 Å². The highest BCUT2D eigenvalue weighted by Crippen LogP contribution is 2.43. The number of hydrogen-bond acceptors (Lipinski definition) is 4. The van der Waals surface area contributed by atoms with E-state index in [0.29, 0.717) is 12.5 Å². The van der Waals surface area contributed by atoms with E-state index >= 15 is 0 Å². The van der Waals surface area contributed by atoms with Crippen LogP contribution in [0.2, 0.25) is 0 Å². The Balaban J connectivity index is 0.00000225. The molecule has 1 aliphatic carbocycles. The molecule has 0 aromatic heterocycles. The summed E-state index contributed by atoms with van der Waals surface area (Å²) in [4.78, 5) is 12.8. The third kappa shape index (κ3) is 4.39. The SMILES string of the molecule is COc1cccc(OC(C)CNC(=O)[C@@]23CCCC[C@H]2CNC3)c1.Cl. The summed E-state index contributed by atoms with van der Waals surface area (Å²) < 4.78 is 11.1. The number of carbonyl (C=O) groups is 1. The van der Waals surface area contributed by atoms with E-state index in [9.17, 15) is 4.79 Å². The van der Waals surface area contributed by atoms with Crippen molar-refractivity contribution < 1.29 is 14.3 Å². The van der Waals surface area contributed by atoms with Crippen LogP contribution in [0.1, 0.15) is 32.6 Å². The first-order valence-corrected chi connectivity index (χ1v) is 8.94. The summed E-state index contributed by atoms with van der Waals surface area (Å²) in [6.07, 6.45) is 4.48. The highest BCUT2D eigenvalue weighted by Gasteiger charge is 2.49. The number of methoxy groups -OCH3 is 1. The Kier molecular flexibility index (Phi) is 6.96. The molecule has 140 valence electrons. The lowest BCUT2D eigenvalue weighted by Crippen LogP contribution is -2.49. The van der Waals surface area contributed by atoms with Crippen LogP contribution in [0.25, 0.3) is 0 Å². The predicted molar refractivity (Wildman–Crippen MR) is 101 cm³/mol. The lowest BCUT2D eigenvalue weighted by Gasteiger charge is -2.37. The number of ether oxygens (including phenoxy) is 2. The van der Waals surface area contributed by atoms with E-state index in [-0.39, 0.29) is 29.8 Å². The second-order valence-electron chi connectivity index (χ2n) is 7.05. The molecule has 3 atom stereocenters. The van der Waals surface area contributed by atoms with Crippen LogP contribution in [0.3, 0.4) is 0 Å². The Bertz CT molecular complexity index is 584. The van der Waals surface area contributed by atoms with Crippen LogP contribution in [0, 0.1) is 11.3 Å². The maximum atomic E-state index is 12.8. The number of hydrogen-bond donors (Lipinski definition) is 2. The number of fused-ring (bicyclic) bond motifs is 1. The number of amides is 1. The minimum absolute atomic E-state index is 0. The highest BCUT2D eigenvalue weighted by atomic mass is 35.5. The zero-order valence-corrected chi connectivity index (χ0v) is 15.9. The van der Waals surface area contributed by atoms with E-state index in [1.807, 2.05) is 31.2 Å². The van der Waals surface area contributed by atoms with Gasteiger partial charge >= 0.3 is 0 Å². The molecule has 2 aliphatic rings. The summed E-state index contributed by atoms with van der Waals surface area (Å²) in [5.41, 5.74) is -0.200. The molecular formula is C19H29ClN2O3. The normalized spacial score (nSPS) is 26.1. The monoisotopic (exact) mass is 368 g/mol. The second-order valence-corrected chi connectivity index (χ2v) is 7.05. The average molecular weight is 369 g/mol. The first-order valence-electron chi connectivity index (χ1n) is 8.94. The van der Waals surface area contributed by atoms with Crippen molar-refractivity contribution in [2.75, 3.05) is 26.7 Å². The van der Waals surface area contributed by atoms with Crippen molar-refractivity contribution in [3.63, 3.8) is 0 Å². The van der Waals surface area contributed by atoms with Crippen LogP contribution in [0.15, 0.2) is 24.3 Å². The van der Waals surface area contributed by atoms with Gasteiger partial charge in [-0.3, -0.25) is 4.79 Å². The summed E-state index contributed by atoms with van der Waals surface area (Å²) in [5.74, 6) is 2.20. The molecule has 2 fully saturated rings. The Morgan fingerprint density at radius 1 is 1.40 bits per heavy atom. The van der Waals surface area contributed by atoms with Crippen molar-refractivity contribution in [3.05, 3.63) is 24.3 Å². The fourth-order valence-corrected chi connectivity index (χ4v) is 4.05. The van der Waals surface area contributed by atoms with Crippen LogP contribution >= 0.6 is 12.4 Å². The molecule has 1 aromatic rings. The molecule has 6 heteroatoms. The fraction of sp³-hybridized carbons (Fsp3) is 0.632. The van der Waals surface area contributed by atoms with Gasteiger partial charge in [-0.25, -0.2) is 0 Å². The molecule has 1 aliphatic heterocycles. The summed E-state index contributed by atoms with van der Waals surface area (Å²) in [6.45, 7) is 4.28. The van der Waals surface area contributed by atoms with Gasteiger partial charge in [0.2, 0.25) is 5.91 Å². The Morgan fingerprint density at radius 3 is 3.00 bits per heavy atom. The van der Waals surface area contributed by atoms with Crippen molar-refractivity contribution in [3.8, 4) is 11.5 Å². The number of halogens is 1. The average Bonchev–Trinajstić information content (AvgIpc) is 3.05. The quantitative estimate of drug-likeness (QED) is 0.810. The van der Waals surface area contributed by atoms with Gasteiger partial charge in [0.1, 0.15) is 17.6 Å². The molecule has 2 N–H and O–H groups in total. The first kappa shape index (κ1) is 19.9.